The highest BCUT2D eigenvalue weighted by molar-refractivity contribution is 5.93. The monoisotopic (exact) mass is 472 g/mol. The molecule has 1 saturated heterocycles. The first-order valence-electron chi connectivity index (χ1n) is 11.1. The van der Waals surface area contributed by atoms with E-state index < -0.39 is 17.7 Å². The predicted octanol–water partition coefficient (Wildman–Crippen LogP) is 3.51. The minimum atomic E-state index is -0.662. The molecule has 2 aromatic carbocycles. The molecule has 0 unspecified atom stereocenters. The smallest absolute Gasteiger partial charge is 0.338 e. The predicted molar refractivity (Wildman–Crippen MR) is 123 cm³/mol. The number of halogens is 1. The molecular formula is C25H29FN2O6. The van der Waals surface area contributed by atoms with Crippen LogP contribution in [0.1, 0.15) is 30.6 Å². The summed E-state index contributed by atoms with van der Waals surface area (Å²) in [5.74, 6) is -0.420. The van der Waals surface area contributed by atoms with E-state index >= 15 is 0 Å². The van der Waals surface area contributed by atoms with Gasteiger partial charge in [0.1, 0.15) is 5.82 Å². The number of carbonyl (C=O) groups excluding carboxylic acids is 3. The average molecular weight is 473 g/mol. The van der Waals surface area contributed by atoms with Crippen LogP contribution in [0.5, 0.6) is 11.5 Å². The zero-order valence-electron chi connectivity index (χ0n) is 19.5. The Morgan fingerprint density at radius 2 is 1.68 bits per heavy atom. The van der Waals surface area contributed by atoms with Crippen molar-refractivity contribution in [2.75, 3.05) is 38.7 Å². The van der Waals surface area contributed by atoms with Crippen molar-refractivity contribution in [3.8, 4) is 11.5 Å². The summed E-state index contributed by atoms with van der Waals surface area (Å²) in [5, 5.41) is 2.58. The Balaban J connectivity index is 1.53. The van der Waals surface area contributed by atoms with E-state index in [4.69, 9.17) is 14.2 Å². The molecule has 2 atom stereocenters. The van der Waals surface area contributed by atoms with Gasteiger partial charge in [-0.25, -0.2) is 9.18 Å². The highest BCUT2D eigenvalue weighted by Gasteiger charge is 2.26. The van der Waals surface area contributed by atoms with E-state index in [9.17, 15) is 18.8 Å². The minimum Gasteiger partial charge on any atom is -0.493 e. The molecule has 9 heteroatoms. The summed E-state index contributed by atoms with van der Waals surface area (Å²) in [6.45, 7) is 4.88. The summed E-state index contributed by atoms with van der Waals surface area (Å²) >= 11 is 0. The Morgan fingerprint density at radius 3 is 2.32 bits per heavy atom. The van der Waals surface area contributed by atoms with E-state index in [1.54, 1.807) is 4.90 Å². The second-order valence-corrected chi connectivity index (χ2v) is 8.53. The van der Waals surface area contributed by atoms with Crippen LogP contribution in [0.2, 0.25) is 0 Å². The Hall–Kier alpha value is -3.62. The quantitative estimate of drug-likeness (QED) is 0.591. The van der Waals surface area contributed by atoms with E-state index in [1.807, 2.05) is 0 Å². The van der Waals surface area contributed by atoms with Gasteiger partial charge in [-0.15, -0.1) is 0 Å². The van der Waals surface area contributed by atoms with Crippen LogP contribution in [0.25, 0.3) is 0 Å². The Labute approximate surface area is 198 Å². The van der Waals surface area contributed by atoms with Crippen molar-refractivity contribution in [1.82, 2.24) is 4.90 Å². The van der Waals surface area contributed by atoms with Crippen LogP contribution in [-0.2, 0) is 14.3 Å². The second-order valence-electron chi connectivity index (χ2n) is 8.53. The first-order chi connectivity index (χ1) is 16.2. The SMILES string of the molecule is COc1cc(C(=O)OCC(=O)N2C[C@H](C)C[C@H](C)C2)ccc1OCC(=O)Nc1ccc(F)cc1. The van der Waals surface area contributed by atoms with Gasteiger partial charge in [-0.2, -0.15) is 0 Å². The molecule has 2 amide bonds. The molecule has 2 aromatic rings. The number of rotatable bonds is 8. The first kappa shape index (κ1) is 25.0. The van der Waals surface area contributed by atoms with Crippen molar-refractivity contribution in [1.29, 1.82) is 0 Å². The summed E-state index contributed by atoms with van der Waals surface area (Å²) in [4.78, 5) is 38.7. The zero-order chi connectivity index (χ0) is 24.7. The van der Waals surface area contributed by atoms with E-state index in [0.717, 1.165) is 6.42 Å². The largest absolute Gasteiger partial charge is 0.493 e. The number of hydrogen-bond acceptors (Lipinski definition) is 6. The third-order valence-electron chi connectivity index (χ3n) is 5.43. The fourth-order valence-electron chi connectivity index (χ4n) is 3.96. The lowest BCUT2D eigenvalue weighted by molar-refractivity contribution is -0.137. The number of anilines is 1. The van der Waals surface area contributed by atoms with Gasteiger partial charge >= 0.3 is 5.97 Å². The Morgan fingerprint density at radius 1 is 1.00 bits per heavy atom. The number of likely N-dealkylation sites (tertiary alicyclic amines) is 1. The molecule has 34 heavy (non-hydrogen) atoms. The Bertz CT molecular complexity index is 1020. The maximum atomic E-state index is 13.0. The molecule has 3 rings (SSSR count). The van der Waals surface area contributed by atoms with Gasteiger partial charge in [0.15, 0.2) is 24.7 Å². The van der Waals surface area contributed by atoms with Crippen LogP contribution in [0.3, 0.4) is 0 Å². The fourth-order valence-corrected chi connectivity index (χ4v) is 3.96. The van der Waals surface area contributed by atoms with Crippen LogP contribution >= 0.6 is 0 Å². The highest BCUT2D eigenvalue weighted by Crippen LogP contribution is 2.28. The number of hydrogen-bond donors (Lipinski definition) is 1. The standard InChI is InChI=1S/C25H29FN2O6/c1-16-10-17(2)13-28(12-16)24(30)15-34-25(31)18-4-9-21(22(11-18)32-3)33-14-23(29)27-20-7-5-19(26)6-8-20/h4-9,11,16-17H,10,12-15H2,1-3H3,(H,27,29)/t16-,17+. The average Bonchev–Trinajstić information content (AvgIpc) is 2.81. The van der Waals surface area contributed by atoms with E-state index in [1.165, 1.54) is 49.6 Å². The van der Waals surface area contributed by atoms with Gasteiger partial charge in [0.2, 0.25) is 0 Å². The number of benzene rings is 2. The normalized spacial score (nSPS) is 17.6. The van der Waals surface area contributed by atoms with E-state index in [0.29, 0.717) is 30.6 Å². The molecule has 1 aliphatic rings. The second kappa shape index (κ2) is 11.5. The molecule has 182 valence electrons. The summed E-state index contributed by atoms with van der Waals surface area (Å²) in [7, 11) is 1.40. The summed E-state index contributed by atoms with van der Waals surface area (Å²) < 4.78 is 28.9. The molecule has 1 N–H and O–H groups in total. The number of amides is 2. The van der Waals surface area contributed by atoms with Gasteiger partial charge in [0.05, 0.1) is 12.7 Å². The number of nitrogens with zero attached hydrogens (tertiary/aromatic N) is 1. The third-order valence-corrected chi connectivity index (χ3v) is 5.43. The molecule has 1 heterocycles. The van der Waals surface area contributed by atoms with Gasteiger partial charge < -0.3 is 24.4 Å². The van der Waals surface area contributed by atoms with Crippen molar-refractivity contribution < 1.29 is 33.0 Å². The molecule has 1 fully saturated rings. The number of ether oxygens (including phenoxy) is 3. The molecule has 0 aliphatic carbocycles. The molecule has 0 aromatic heterocycles. The van der Waals surface area contributed by atoms with E-state index in [-0.39, 0.29) is 36.2 Å². The van der Waals surface area contributed by atoms with Gasteiger partial charge in [0, 0.05) is 18.8 Å². The molecule has 0 radical (unpaired) electrons. The molecule has 0 saturated carbocycles. The maximum absolute atomic E-state index is 13.0. The zero-order valence-corrected chi connectivity index (χ0v) is 19.5. The van der Waals surface area contributed by atoms with Crippen LogP contribution < -0.4 is 14.8 Å². The number of esters is 1. The molecule has 0 bridgehead atoms. The molecular weight excluding hydrogens is 443 g/mol. The number of carbonyl (C=O) groups is 3. The highest BCUT2D eigenvalue weighted by atomic mass is 19.1. The first-order valence-corrected chi connectivity index (χ1v) is 11.1. The van der Waals surface area contributed by atoms with Crippen LogP contribution in [0.4, 0.5) is 10.1 Å². The number of piperidine rings is 1. The maximum Gasteiger partial charge on any atom is 0.338 e. The lowest BCUT2D eigenvalue weighted by atomic mass is 9.92. The fraction of sp³-hybridized carbons (Fsp3) is 0.400. The minimum absolute atomic E-state index is 0.188. The van der Waals surface area contributed by atoms with E-state index in [2.05, 4.69) is 19.2 Å². The van der Waals surface area contributed by atoms with Crippen LogP contribution in [-0.4, -0.2) is 56.1 Å². The molecule has 8 nitrogen and oxygen atoms in total. The van der Waals surface area contributed by atoms with Crippen molar-refractivity contribution in [2.24, 2.45) is 11.8 Å². The van der Waals surface area contributed by atoms with Gasteiger partial charge in [-0.05, 0) is 60.7 Å². The summed E-state index contributed by atoms with van der Waals surface area (Å²) in [6, 6.07) is 9.71. The topological polar surface area (TPSA) is 94.2 Å². The van der Waals surface area contributed by atoms with Crippen LogP contribution in [0, 0.1) is 17.7 Å². The van der Waals surface area contributed by atoms with Gasteiger partial charge in [0.25, 0.3) is 11.8 Å². The number of methoxy groups -OCH3 is 1. The summed E-state index contributed by atoms with van der Waals surface area (Å²) in [5.41, 5.74) is 0.621. The molecule has 0 spiro atoms. The van der Waals surface area contributed by atoms with Crippen molar-refractivity contribution in [3.63, 3.8) is 0 Å². The molecule has 1 aliphatic heterocycles. The lowest BCUT2D eigenvalue weighted by Crippen LogP contribution is -2.44. The third kappa shape index (κ3) is 6.94. The Kier molecular flexibility index (Phi) is 8.45. The van der Waals surface area contributed by atoms with Crippen molar-refractivity contribution >= 4 is 23.5 Å². The van der Waals surface area contributed by atoms with Crippen molar-refractivity contribution in [3.05, 3.63) is 53.8 Å². The lowest BCUT2D eigenvalue weighted by Gasteiger charge is -2.34. The number of nitrogens with one attached hydrogen (secondary N) is 1. The van der Waals surface area contributed by atoms with Gasteiger partial charge in [-0.3, -0.25) is 9.59 Å². The van der Waals surface area contributed by atoms with Crippen LogP contribution in [0.15, 0.2) is 42.5 Å². The van der Waals surface area contributed by atoms with Gasteiger partial charge in [-0.1, -0.05) is 13.8 Å². The summed E-state index contributed by atoms with van der Waals surface area (Å²) in [6.07, 6.45) is 1.08. The van der Waals surface area contributed by atoms with Crippen molar-refractivity contribution in [2.45, 2.75) is 20.3 Å².